The fraction of sp³-hybridized carbons (Fsp3) is 1.00. The minimum absolute atomic E-state index is 0.287. The molecule has 2 aliphatic rings. The Hall–Kier alpha value is -0.0800. The Morgan fingerprint density at radius 3 is 2.41 bits per heavy atom. The Morgan fingerprint density at radius 2 is 1.88 bits per heavy atom. The van der Waals surface area contributed by atoms with E-state index < -0.39 is 0 Å². The van der Waals surface area contributed by atoms with Crippen LogP contribution in [-0.4, -0.2) is 29.1 Å². The van der Waals surface area contributed by atoms with Gasteiger partial charge in [0.25, 0.3) is 0 Å². The van der Waals surface area contributed by atoms with Gasteiger partial charge in [0.2, 0.25) is 0 Å². The summed E-state index contributed by atoms with van der Waals surface area (Å²) in [6.45, 7) is 13.1. The molecule has 1 saturated heterocycles. The Morgan fingerprint density at radius 1 is 1.24 bits per heavy atom. The first kappa shape index (κ1) is 13.4. The van der Waals surface area contributed by atoms with E-state index in [4.69, 9.17) is 5.73 Å². The highest BCUT2D eigenvalue weighted by Gasteiger charge is 2.53. The first-order valence-electron chi connectivity index (χ1n) is 7.29. The molecule has 1 heterocycles. The summed E-state index contributed by atoms with van der Waals surface area (Å²) in [5, 5.41) is 0. The van der Waals surface area contributed by atoms with Gasteiger partial charge in [0.15, 0.2) is 0 Å². The highest BCUT2D eigenvalue weighted by molar-refractivity contribution is 5.10. The molecule has 0 bridgehead atoms. The summed E-state index contributed by atoms with van der Waals surface area (Å²) in [4.78, 5) is 2.70. The topological polar surface area (TPSA) is 29.3 Å². The largest absolute Gasteiger partial charge is 0.326 e. The van der Waals surface area contributed by atoms with Crippen LogP contribution in [0.15, 0.2) is 0 Å². The van der Waals surface area contributed by atoms with Crippen molar-refractivity contribution in [2.24, 2.45) is 17.1 Å². The molecule has 0 aromatic carbocycles. The van der Waals surface area contributed by atoms with Gasteiger partial charge < -0.3 is 5.73 Å². The molecule has 2 rings (SSSR count). The van der Waals surface area contributed by atoms with Gasteiger partial charge in [-0.15, -0.1) is 0 Å². The Bertz CT molecular complexity index is 285. The standard InChI is InChI=1S/C15H30N2/c1-11(2)17-7-6-13(16)15(17)9-12(3)8-14(4,5)10-15/h11-13H,6-10,16H2,1-5H3. The van der Waals surface area contributed by atoms with Crippen molar-refractivity contribution in [1.29, 1.82) is 0 Å². The van der Waals surface area contributed by atoms with Crippen LogP contribution in [0.2, 0.25) is 0 Å². The van der Waals surface area contributed by atoms with Gasteiger partial charge in [-0.1, -0.05) is 20.8 Å². The molecular formula is C15H30N2. The molecule has 2 heteroatoms. The molecule has 2 nitrogen and oxygen atoms in total. The van der Waals surface area contributed by atoms with Gasteiger partial charge >= 0.3 is 0 Å². The molecule has 1 aliphatic carbocycles. The van der Waals surface area contributed by atoms with E-state index >= 15 is 0 Å². The zero-order chi connectivity index (χ0) is 12.8. The van der Waals surface area contributed by atoms with E-state index in [9.17, 15) is 0 Å². The van der Waals surface area contributed by atoms with Gasteiger partial charge in [-0.2, -0.15) is 0 Å². The Balaban J connectivity index is 2.31. The smallest absolute Gasteiger partial charge is 0.0371 e. The molecule has 0 radical (unpaired) electrons. The summed E-state index contributed by atoms with van der Waals surface area (Å²) >= 11 is 0. The third-order valence-electron chi connectivity index (χ3n) is 4.95. The number of hydrogen-bond acceptors (Lipinski definition) is 2. The molecule has 1 aliphatic heterocycles. The van der Waals surface area contributed by atoms with Crippen LogP contribution in [0.1, 0.15) is 60.3 Å². The lowest BCUT2D eigenvalue weighted by atomic mass is 9.62. The van der Waals surface area contributed by atoms with Crippen LogP contribution in [0.5, 0.6) is 0 Å². The van der Waals surface area contributed by atoms with Crippen molar-refractivity contribution in [2.45, 2.75) is 77.9 Å². The third kappa shape index (κ3) is 2.26. The van der Waals surface area contributed by atoms with Crippen LogP contribution in [0.25, 0.3) is 0 Å². The predicted octanol–water partition coefficient (Wildman–Crippen LogP) is 3.01. The summed E-state index contributed by atoms with van der Waals surface area (Å²) < 4.78 is 0. The van der Waals surface area contributed by atoms with Crippen molar-refractivity contribution in [3.63, 3.8) is 0 Å². The van der Waals surface area contributed by atoms with E-state index in [1.54, 1.807) is 0 Å². The molecule has 2 N–H and O–H groups in total. The first-order valence-corrected chi connectivity index (χ1v) is 7.29. The zero-order valence-electron chi connectivity index (χ0n) is 12.3. The molecule has 0 amide bonds. The minimum atomic E-state index is 0.287. The molecule has 17 heavy (non-hydrogen) atoms. The van der Waals surface area contributed by atoms with Crippen LogP contribution >= 0.6 is 0 Å². The molecule has 3 atom stereocenters. The summed E-state index contributed by atoms with van der Waals surface area (Å²) in [7, 11) is 0. The Kier molecular flexibility index (Phi) is 3.33. The fourth-order valence-corrected chi connectivity index (χ4v) is 4.85. The molecule has 2 fully saturated rings. The molecule has 1 saturated carbocycles. The molecule has 1 spiro atoms. The fourth-order valence-electron chi connectivity index (χ4n) is 4.85. The van der Waals surface area contributed by atoms with E-state index in [0.29, 0.717) is 17.5 Å². The first-order chi connectivity index (χ1) is 7.77. The molecule has 3 unspecified atom stereocenters. The third-order valence-corrected chi connectivity index (χ3v) is 4.95. The van der Waals surface area contributed by atoms with Crippen molar-refractivity contribution < 1.29 is 0 Å². The van der Waals surface area contributed by atoms with Crippen molar-refractivity contribution in [2.75, 3.05) is 6.54 Å². The summed E-state index contributed by atoms with van der Waals surface area (Å²) in [5.74, 6) is 0.809. The minimum Gasteiger partial charge on any atom is -0.326 e. The van der Waals surface area contributed by atoms with Crippen molar-refractivity contribution >= 4 is 0 Å². The second-order valence-electron chi connectivity index (χ2n) is 7.64. The lowest BCUT2D eigenvalue weighted by Gasteiger charge is -2.53. The van der Waals surface area contributed by atoms with E-state index in [-0.39, 0.29) is 5.54 Å². The van der Waals surface area contributed by atoms with Crippen LogP contribution in [0, 0.1) is 11.3 Å². The second-order valence-corrected chi connectivity index (χ2v) is 7.64. The lowest BCUT2D eigenvalue weighted by molar-refractivity contribution is -0.0138. The van der Waals surface area contributed by atoms with E-state index in [2.05, 4.69) is 39.5 Å². The highest BCUT2D eigenvalue weighted by Crippen LogP contribution is 2.50. The van der Waals surface area contributed by atoms with Crippen LogP contribution in [0.3, 0.4) is 0 Å². The van der Waals surface area contributed by atoms with Crippen LogP contribution in [-0.2, 0) is 0 Å². The summed E-state index contributed by atoms with van der Waals surface area (Å²) in [6, 6.07) is 1.01. The van der Waals surface area contributed by atoms with Gasteiger partial charge in [0.1, 0.15) is 0 Å². The highest BCUT2D eigenvalue weighted by atomic mass is 15.3. The maximum absolute atomic E-state index is 6.51. The van der Waals surface area contributed by atoms with Gasteiger partial charge in [-0.3, -0.25) is 4.90 Å². The van der Waals surface area contributed by atoms with E-state index in [1.165, 1.54) is 32.2 Å². The molecule has 0 aromatic heterocycles. The average molecular weight is 238 g/mol. The quantitative estimate of drug-likeness (QED) is 0.761. The molecule has 0 aromatic rings. The monoisotopic (exact) mass is 238 g/mol. The predicted molar refractivity (Wildman–Crippen MR) is 74.0 cm³/mol. The molecular weight excluding hydrogens is 208 g/mol. The number of likely N-dealkylation sites (tertiary alicyclic amines) is 1. The number of nitrogens with two attached hydrogens (primary N) is 1. The maximum atomic E-state index is 6.51. The SMILES string of the molecule is CC1CC(C)(C)CC2(C1)C(N)CCN2C(C)C. The van der Waals surface area contributed by atoms with Crippen LogP contribution < -0.4 is 5.73 Å². The second kappa shape index (κ2) is 4.24. The van der Waals surface area contributed by atoms with Crippen molar-refractivity contribution in [3.8, 4) is 0 Å². The summed E-state index contributed by atoms with van der Waals surface area (Å²) in [6.07, 6.45) is 5.12. The number of hydrogen-bond donors (Lipinski definition) is 1. The van der Waals surface area contributed by atoms with E-state index in [0.717, 1.165) is 5.92 Å². The van der Waals surface area contributed by atoms with Gasteiger partial charge in [0, 0.05) is 24.2 Å². The van der Waals surface area contributed by atoms with Crippen molar-refractivity contribution in [3.05, 3.63) is 0 Å². The molecule has 100 valence electrons. The van der Waals surface area contributed by atoms with E-state index in [1.807, 2.05) is 0 Å². The maximum Gasteiger partial charge on any atom is 0.0371 e. The lowest BCUT2D eigenvalue weighted by Crippen LogP contribution is -2.60. The normalized spacial score (nSPS) is 42.5. The number of nitrogens with zero attached hydrogens (tertiary/aromatic N) is 1. The van der Waals surface area contributed by atoms with Crippen molar-refractivity contribution in [1.82, 2.24) is 4.90 Å². The van der Waals surface area contributed by atoms with Gasteiger partial charge in [-0.05, 0) is 50.9 Å². The number of rotatable bonds is 1. The average Bonchev–Trinajstić information content (AvgIpc) is 2.40. The Labute approximate surface area is 107 Å². The summed E-state index contributed by atoms with van der Waals surface area (Å²) in [5.41, 5.74) is 7.25. The van der Waals surface area contributed by atoms with Crippen LogP contribution in [0.4, 0.5) is 0 Å². The zero-order valence-corrected chi connectivity index (χ0v) is 12.3. The van der Waals surface area contributed by atoms with Gasteiger partial charge in [-0.25, -0.2) is 0 Å². The van der Waals surface area contributed by atoms with Gasteiger partial charge in [0.05, 0.1) is 0 Å².